The number of fused-ring (bicyclic) bond motifs is 4. The highest BCUT2D eigenvalue weighted by Crippen LogP contribution is 2.40. The normalized spacial score (nSPS) is 19.9. The lowest BCUT2D eigenvalue weighted by Gasteiger charge is -2.31. The molecule has 2 aliphatic heterocycles. The predicted molar refractivity (Wildman–Crippen MR) is 158 cm³/mol. The van der Waals surface area contributed by atoms with E-state index in [2.05, 4.69) is 31.2 Å². The number of sulfone groups is 1. The molecule has 0 amide bonds. The lowest BCUT2D eigenvalue weighted by Crippen LogP contribution is -2.43. The Labute approximate surface area is 246 Å². The molecule has 0 radical (unpaired) electrons. The number of carboxylic acid groups (broad SMARTS) is 1. The summed E-state index contributed by atoms with van der Waals surface area (Å²) in [6.45, 7) is 2.90. The van der Waals surface area contributed by atoms with Crippen molar-refractivity contribution >= 4 is 15.8 Å². The minimum atomic E-state index is -3.07. The first-order chi connectivity index (χ1) is 20.1. The van der Waals surface area contributed by atoms with E-state index in [4.69, 9.17) is 19.3 Å². The molecule has 0 bridgehead atoms. The maximum atomic E-state index is 11.8. The van der Waals surface area contributed by atoms with E-state index in [1.54, 1.807) is 0 Å². The van der Waals surface area contributed by atoms with Gasteiger partial charge >= 0.3 is 5.97 Å². The molecule has 2 heterocycles. The Morgan fingerprint density at radius 3 is 2.57 bits per heavy atom. The Kier molecular flexibility index (Phi) is 7.66. The van der Waals surface area contributed by atoms with Crippen LogP contribution in [0.2, 0.25) is 0 Å². The third-order valence-corrected chi connectivity index (χ3v) is 10.3. The van der Waals surface area contributed by atoms with Crippen LogP contribution in [0.15, 0.2) is 48.5 Å². The van der Waals surface area contributed by atoms with E-state index >= 15 is 0 Å². The quantitative estimate of drug-likeness (QED) is 0.375. The molecule has 3 aliphatic rings. The van der Waals surface area contributed by atoms with Crippen molar-refractivity contribution in [1.82, 2.24) is 0 Å². The first-order valence-electron chi connectivity index (χ1n) is 14.5. The molecular formula is C33H36O8S. The molecule has 3 aromatic carbocycles. The number of aryl methyl sites for hydroxylation is 3. The van der Waals surface area contributed by atoms with Crippen LogP contribution in [0.5, 0.6) is 17.2 Å². The van der Waals surface area contributed by atoms with Gasteiger partial charge in [0.25, 0.3) is 0 Å². The van der Waals surface area contributed by atoms with Crippen molar-refractivity contribution in [2.24, 2.45) is 0 Å². The van der Waals surface area contributed by atoms with Gasteiger partial charge in [-0.25, -0.2) is 8.42 Å². The molecule has 1 aliphatic carbocycles. The van der Waals surface area contributed by atoms with E-state index in [1.807, 2.05) is 24.3 Å². The molecule has 3 aromatic rings. The number of aliphatic hydroxyl groups is 1. The van der Waals surface area contributed by atoms with E-state index in [1.165, 1.54) is 22.3 Å². The van der Waals surface area contributed by atoms with Crippen LogP contribution in [-0.2, 0) is 34.1 Å². The fraction of sp³-hybridized carbons (Fsp3) is 0.424. The van der Waals surface area contributed by atoms with Gasteiger partial charge in [0.05, 0.1) is 24.5 Å². The fourth-order valence-electron chi connectivity index (χ4n) is 6.30. The zero-order valence-electron chi connectivity index (χ0n) is 23.7. The van der Waals surface area contributed by atoms with E-state index in [0.29, 0.717) is 30.5 Å². The van der Waals surface area contributed by atoms with Gasteiger partial charge in [0.2, 0.25) is 0 Å². The molecule has 222 valence electrons. The largest absolute Gasteiger partial charge is 0.492 e. The number of rotatable bonds is 8. The van der Waals surface area contributed by atoms with Crippen LogP contribution in [0.3, 0.4) is 0 Å². The molecule has 9 heteroatoms. The summed E-state index contributed by atoms with van der Waals surface area (Å²) in [5.41, 5.74) is 6.81. The molecule has 42 heavy (non-hydrogen) atoms. The highest BCUT2D eigenvalue weighted by molar-refractivity contribution is 7.91. The van der Waals surface area contributed by atoms with Gasteiger partial charge in [-0.05, 0) is 96.7 Å². The second-order valence-electron chi connectivity index (χ2n) is 11.9. The molecule has 1 atom stereocenters. The average molecular weight is 593 g/mol. The summed E-state index contributed by atoms with van der Waals surface area (Å²) in [4.78, 5) is 11.1. The van der Waals surface area contributed by atoms with Crippen molar-refractivity contribution in [2.75, 3.05) is 24.7 Å². The molecule has 0 unspecified atom stereocenters. The maximum Gasteiger partial charge on any atom is 0.304 e. The lowest BCUT2D eigenvalue weighted by molar-refractivity contribution is -0.137. The van der Waals surface area contributed by atoms with Crippen LogP contribution in [-0.4, -0.2) is 54.9 Å². The fourth-order valence-corrected chi connectivity index (χ4v) is 7.88. The topological polar surface area (TPSA) is 119 Å². The highest BCUT2D eigenvalue weighted by atomic mass is 32.2. The number of ether oxygens (including phenoxy) is 3. The number of hydrogen-bond donors (Lipinski definition) is 2. The van der Waals surface area contributed by atoms with Crippen LogP contribution in [0.1, 0.15) is 59.4 Å². The second kappa shape index (κ2) is 11.3. The highest BCUT2D eigenvalue weighted by Gasteiger charge is 2.36. The Morgan fingerprint density at radius 2 is 1.79 bits per heavy atom. The summed E-state index contributed by atoms with van der Waals surface area (Å²) < 4.78 is 41.5. The van der Waals surface area contributed by atoms with Gasteiger partial charge in [-0.15, -0.1) is 0 Å². The number of carboxylic acids is 1. The Morgan fingerprint density at radius 1 is 1.00 bits per heavy atom. The molecule has 2 N–H and O–H groups in total. The molecular weight excluding hydrogens is 556 g/mol. The molecule has 0 aromatic heterocycles. The van der Waals surface area contributed by atoms with Crippen LogP contribution in [0, 0.1) is 6.92 Å². The molecule has 0 spiro atoms. The number of benzene rings is 3. The van der Waals surface area contributed by atoms with Gasteiger partial charge in [-0.3, -0.25) is 4.79 Å². The van der Waals surface area contributed by atoms with Crippen LogP contribution in [0.4, 0.5) is 0 Å². The lowest BCUT2D eigenvalue weighted by atomic mass is 9.91. The van der Waals surface area contributed by atoms with Crippen molar-refractivity contribution in [3.05, 3.63) is 76.3 Å². The van der Waals surface area contributed by atoms with Gasteiger partial charge in [-0.1, -0.05) is 18.2 Å². The Hall–Kier alpha value is -3.56. The Bertz CT molecular complexity index is 1610. The summed E-state index contributed by atoms with van der Waals surface area (Å²) in [7, 11) is -3.07. The van der Waals surface area contributed by atoms with Crippen molar-refractivity contribution in [3.8, 4) is 28.4 Å². The number of hydrogen-bond acceptors (Lipinski definition) is 7. The van der Waals surface area contributed by atoms with Crippen molar-refractivity contribution in [3.63, 3.8) is 0 Å². The van der Waals surface area contributed by atoms with E-state index in [0.717, 1.165) is 36.0 Å². The van der Waals surface area contributed by atoms with E-state index in [-0.39, 0.29) is 43.3 Å². The number of carbonyl (C=O) groups is 1. The summed E-state index contributed by atoms with van der Waals surface area (Å²) in [5, 5.41) is 20.0. The smallest absolute Gasteiger partial charge is 0.304 e. The monoisotopic (exact) mass is 592 g/mol. The summed E-state index contributed by atoms with van der Waals surface area (Å²) in [6.07, 6.45) is 3.33. The summed E-state index contributed by atoms with van der Waals surface area (Å²) in [5.74, 6) is 1.07. The SMILES string of the molecule is Cc1cc(OCC2(O)CCS(=O)(=O)CC2)cc2c1-c1cc(COc3ccc4c(c3)OC[C@H]4CC(=O)O)ccc1CCC2. The second-order valence-corrected chi connectivity index (χ2v) is 14.2. The van der Waals surface area contributed by atoms with Gasteiger partial charge in [-0.2, -0.15) is 0 Å². The predicted octanol–water partition coefficient (Wildman–Crippen LogP) is 5.00. The van der Waals surface area contributed by atoms with Crippen molar-refractivity contribution < 1.29 is 37.6 Å². The summed E-state index contributed by atoms with van der Waals surface area (Å²) in [6, 6.07) is 16.2. The van der Waals surface area contributed by atoms with Crippen LogP contribution in [0.25, 0.3) is 11.1 Å². The minimum Gasteiger partial charge on any atom is -0.492 e. The van der Waals surface area contributed by atoms with E-state index in [9.17, 15) is 18.3 Å². The van der Waals surface area contributed by atoms with Crippen molar-refractivity contribution in [2.45, 2.75) is 63.6 Å². The molecule has 0 saturated carbocycles. The van der Waals surface area contributed by atoms with Crippen LogP contribution >= 0.6 is 0 Å². The third kappa shape index (κ3) is 6.13. The van der Waals surface area contributed by atoms with Crippen molar-refractivity contribution in [1.29, 1.82) is 0 Å². The number of aliphatic carboxylic acids is 1. The van der Waals surface area contributed by atoms with E-state index < -0.39 is 21.4 Å². The summed E-state index contributed by atoms with van der Waals surface area (Å²) >= 11 is 0. The molecule has 8 nitrogen and oxygen atoms in total. The van der Waals surface area contributed by atoms with Gasteiger partial charge in [0, 0.05) is 17.5 Å². The standard InChI is InChI=1S/C33H36O8S/c1-21-13-27(41-20-33(36)9-11-42(37,38)12-10-33)15-24-4-2-3-23-6-5-22(14-29(23)32(21)24)18-39-26-7-8-28-25(16-31(34)35)19-40-30(28)17-26/h5-8,13-15,17,25,36H,2-4,9-12,16,18-20H2,1H3,(H,34,35)/t25-/m1/s1. The third-order valence-electron chi connectivity index (χ3n) is 8.68. The molecule has 1 fully saturated rings. The molecule has 6 rings (SSSR count). The minimum absolute atomic E-state index is 0.00752. The molecule has 1 saturated heterocycles. The maximum absolute atomic E-state index is 11.8. The van der Waals surface area contributed by atoms with Gasteiger partial charge in [0.15, 0.2) is 9.84 Å². The first-order valence-corrected chi connectivity index (χ1v) is 16.3. The van der Waals surface area contributed by atoms with Gasteiger partial charge < -0.3 is 24.4 Å². The van der Waals surface area contributed by atoms with Gasteiger partial charge in [0.1, 0.15) is 36.1 Å². The van der Waals surface area contributed by atoms with Crippen LogP contribution < -0.4 is 14.2 Å². The Balaban J connectivity index is 1.17. The zero-order chi connectivity index (χ0) is 29.5. The average Bonchev–Trinajstić information content (AvgIpc) is 3.24. The zero-order valence-corrected chi connectivity index (χ0v) is 24.5. The first kappa shape index (κ1) is 28.6.